The minimum Gasteiger partial charge on any atom is -0.491 e. The average Bonchev–Trinajstić information content (AvgIpc) is 3.83. The van der Waals surface area contributed by atoms with E-state index in [2.05, 4.69) is 11.8 Å². The molecule has 4 aliphatic rings. The molecule has 1 spiro atoms. The minimum absolute atomic E-state index is 0.0219. The quantitative estimate of drug-likeness (QED) is 0.0540. The zero-order chi connectivity index (χ0) is 49.4. The largest absolute Gasteiger partial charge is 0.491 e. The van der Waals surface area contributed by atoms with E-state index in [1.54, 1.807) is 47.4 Å². The highest BCUT2D eigenvalue weighted by Gasteiger charge is 2.76. The summed E-state index contributed by atoms with van der Waals surface area (Å²) in [4.78, 5) is 92.9. The molecule has 16 nitrogen and oxygen atoms in total. The van der Waals surface area contributed by atoms with Gasteiger partial charge in [0.05, 0.1) is 51.1 Å². The second-order valence-corrected chi connectivity index (χ2v) is 17.6. The Balaban J connectivity index is 1.46. The Bertz CT molecular complexity index is 2610. The van der Waals surface area contributed by atoms with Crippen LogP contribution in [0.5, 0.6) is 5.75 Å². The number of rotatable bonds is 13. The van der Waals surface area contributed by atoms with Crippen LogP contribution in [-0.2, 0) is 53.1 Å². The summed E-state index contributed by atoms with van der Waals surface area (Å²) in [6.45, 7) is 0.0556. The predicted molar refractivity (Wildman–Crippen MR) is 253 cm³/mol. The number of carbonyl (C=O) groups is 6. The van der Waals surface area contributed by atoms with E-state index in [1.165, 1.54) is 7.11 Å². The van der Waals surface area contributed by atoms with Crippen LogP contribution >= 0.6 is 0 Å². The SMILES string of the molecule is COCCOC(=O)N1C(=O)C2(c3cc(C#CCC(C(=O)OC)C(=O)OC)ccc31)C(C(=O)N1CCCCCCC1)C1C(=O)OC(c3ccccc3)C(c3ccccc3)N1C2c1ccccc1OCCO. The standard InChI is InChI=1S/C54H57N3O13/c1-65-32-33-69-53(64)56-41-27-26-35(18-17-24-39(49(60)66-2)50(61)67-3)34-40(41)54(52(56)63)43(48(59)55-28-15-5-4-6-16-29-55)45-51(62)70-46(37-21-11-8-12-22-37)44(36-19-9-7-10-20-36)57(45)47(54)38-23-13-14-25-42(38)68-31-30-58/h7-14,19-23,25-27,34,39,43-47,58H,4-6,15-16,24,28-33H2,1-3H3. The first-order valence-electron chi connectivity index (χ1n) is 23.6. The fourth-order valence-electron chi connectivity index (χ4n) is 10.7. The highest BCUT2D eigenvalue weighted by atomic mass is 16.6. The number of methoxy groups -OCH3 is 3. The molecule has 70 heavy (non-hydrogen) atoms. The van der Waals surface area contributed by atoms with Gasteiger partial charge in [-0.25, -0.2) is 9.69 Å². The molecular weight excluding hydrogens is 899 g/mol. The van der Waals surface area contributed by atoms with Gasteiger partial charge in [-0.1, -0.05) is 110 Å². The lowest BCUT2D eigenvalue weighted by atomic mass is 9.64. The molecule has 16 heteroatoms. The molecule has 4 heterocycles. The Morgan fingerprint density at radius 2 is 1.41 bits per heavy atom. The number of para-hydroxylation sites is 1. The molecule has 4 aromatic rings. The zero-order valence-electron chi connectivity index (χ0n) is 39.5. The molecule has 0 saturated carbocycles. The van der Waals surface area contributed by atoms with Crippen molar-refractivity contribution in [3.63, 3.8) is 0 Å². The van der Waals surface area contributed by atoms with E-state index >= 15 is 14.4 Å². The summed E-state index contributed by atoms with van der Waals surface area (Å²) < 4.78 is 33.6. The number of hydrogen-bond donors (Lipinski definition) is 1. The van der Waals surface area contributed by atoms with Gasteiger partial charge >= 0.3 is 24.0 Å². The highest BCUT2D eigenvalue weighted by molar-refractivity contribution is 6.23. The third kappa shape index (κ3) is 9.24. The summed E-state index contributed by atoms with van der Waals surface area (Å²) in [6.07, 6.45) is 1.85. The molecule has 0 bridgehead atoms. The zero-order valence-corrected chi connectivity index (χ0v) is 39.5. The third-order valence-corrected chi connectivity index (χ3v) is 13.7. The Morgan fingerprint density at radius 3 is 2.07 bits per heavy atom. The second-order valence-electron chi connectivity index (χ2n) is 17.6. The number of imide groups is 1. The van der Waals surface area contributed by atoms with Gasteiger partial charge in [0.1, 0.15) is 36.5 Å². The number of likely N-dealkylation sites (tertiary alicyclic amines) is 1. The van der Waals surface area contributed by atoms with Crippen LogP contribution in [0, 0.1) is 23.7 Å². The normalized spacial score (nSPS) is 23.0. The summed E-state index contributed by atoms with van der Waals surface area (Å²) in [5.74, 6) is -0.402. The molecule has 6 atom stereocenters. The minimum atomic E-state index is -2.13. The first-order chi connectivity index (χ1) is 34.1. The molecule has 366 valence electrons. The summed E-state index contributed by atoms with van der Waals surface area (Å²) in [6, 6.07) is 26.9. The van der Waals surface area contributed by atoms with Gasteiger partial charge in [-0.15, -0.1) is 0 Å². The van der Waals surface area contributed by atoms with Crippen LogP contribution in [0.15, 0.2) is 103 Å². The molecule has 3 saturated heterocycles. The number of esters is 3. The summed E-state index contributed by atoms with van der Waals surface area (Å²) >= 11 is 0. The van der Waals surface area contributed by atoms with E-state index in [0.29, 0.717) is 48.2 Å². The van der Waals surface area contributed by atoms with E-state index in [1.807, 2.05) is 65.6 Å². The number of nitrogens with zero attached hydrogens (tertiary/aromatic N) is 3. The van der Waals surface area contributed by atoms with Crippen LogP contribution in [0.2, 0.25) is 0 Å². The molecule has 0 aromatic heterocycles. The maximum atomic E-state index is 16.6. The number of aliphatic hydroxyl groups is 1. The number of amides is 3. The Hall–Kier alpha value is -7.06. The third-order valence-electron chi connectivity index (χ3n) is 13.7. The molecule has 6 unspecified atom stereocenters. The molecule has 3 fully saturated rings. The van der Waals surface area contributed by atoms with Crippen LogP contribution < -0.4 is 9.64 Å². The molecule has 3 amide bonds. The molecule has 4 aromatic carbocycles. The number of aliphatic hydroxyl groups excluding tert-OH is 1. The number of benzene rings is 4. The van der Waals surface area contributed by atoms with Crippen molar-refractivity contribution < 1.29 is 62.3 Å². The monoisotopic (exact) mass is 955 g/mol. The maximum absolute atomic E-state index is 16.6. The van der Waals surface area contributed by atoms with Crippen molar-refractivity contribution in [2.75, 3.05) is 65.7 Å². The fraction of sp³-hybridized carbons (Fsp3) is 0.407. The van der Waals surface area contributed by atoms with Crippen LogP contribution in [0.4, 0.5) is 10.5 Å². The van der Waals surface area contributed by atoms with Gasteiger partial charge in [-0.2, -0.15) is 0 Å². The molecule has 4 aliphatic heterocycles. The number of fused-ring (bicyclic) bond motifs is 3. The van der Waals surface area contributed by atoms with Gasteiger partial charge in [-0.05, 0) is 53.8 Å². The number of cyclic esters (lactones) is 1. The van der Waals surface area contributed by atoms with Crippen molar-refractivity contribution in [1.29, 1.82) is 0 Å². The van der Waals surface area contributed by atoms with Gasteiger partial charge in [0.15, 0.2) is 5.92 Å². The fourth-order valence-corrected chi connectivity index (χ4v) is 10.7. The van der Waals surface area contributed by atoms with Crippen molar-refractivity contribution in [2.45, 2.75) is 68.2 Å². The first-order valence-corrected chi connectivity index (χ1v) is 23.6. The number of anilines is 1. The molecular formula is C54H57N3O13. The lowest BCUT2D eigenvalue weighted by molar-refractivity contribution is -0.179. The predicted octanol–water partition coefficient (Wildman–Crippen LogP) is 6.00. The van der Waals surface area contributed by atoms with Crippen molar-refractivity contribution in [1.82, 2.24) is 9.80 Å². The average molecular weight is 956 g/mol. The lowest BCUT2D eigenvalue weighted by Crippen LogP contribution is -2.56. The van der Waals surface area contributed by atoms with Crippen molar-refractivity contribution in [3.8, 4) is 17.6 Å². The van der Waals surface area contributed by atoms with E-state index in [0.717, 1.165) is 38.4 Å². The molecule has 8 rings (SSSR count). The van der Waals surface area contributed by atoms with Crippen LogP contribution in [0.25, 0.3) is 0 Å². The van der Waals surface area contributed by atoms with Gasteiger partial charge in [0, 0.05) is 37.7 Å². The Morgan fingerprint density at radius 1 is 0.771 bits per heavy atom. The maximum Gasteiger partial charge on any atom is 0.421 e. The van der Waals surface area contributed by atoms with E-state index in [9.17, 15) is 19.5 Å². The van der Waals surface area contributed by atoms with Crippen LogP contribution in [0.3, 0.4) is 0 Å². The topological polar surface area (TPSA) is 188 Å². The second kappa shape index (κ2) is 22.1. The number of morpholine rings is 1. The summed E-state index contributed by atoms with van der Waals surface area (Å²) in [7, 11) is 3.75. The molecule has 0 radical (unpaired) electrons. The van der Waals surface area contributed by atoms with Crippen LogP contribution in [-0.4, -0.2) is 118 Å². The summed E-state index contributed by atoms with van der Waals surface area (Å²) in [5.41, 5.74) is 0.231. The van der Waals surface area contributed by atoms with Gasteiger partial charge in [-0.3, -0.25) is 28.9 Å². The summed E-state index contributed by atoms with van der Waals surface area (Å²) in [5, 5.41) is 10.1. The number of ether oxygens (including phenoxy) is 6. The van der Waals surface area contributed by atoms with Gasteiger partial charge in [0.25, 0.3) is 0 Å². The van der Waals surface area contributed by atoms with Gasteiger partial charge < -0.3 is 38.4 Å². The lowest BCUT2D eigenvalue weighted by Gasteiger charge is -2.46. The van der Waals surface area contributed by atoms with Crippen LogP contribution in [0.1, 0.15) is 84.5 Å². The number of hydrogen-bond acceptors (Lipinski definition) is 14. The first kappa shape index (κ1) is 49.4. The smallest absolute Gasteiger partial charge is 0.421 e. The Kier molecular flexibility index (Phi) is 15.6. The Labute approximate surface area is 406 Å². The van der Waals surface area contributed by atoms with Crippen molar-refractivity contribution in [2.24, 2.45) is 11.8 Å². The van der Waals surface area contributed by atoms with E-state index < -0.39 is 77.3 Å². The number of carbonyl (C=O) groups excluding carboxylic acids is 6. The van der Waals surface area contributed by atoms with Crippen molar-refractivity contribution in [3.05, 3.63) is 131 Å². The highest BCUT2D eigenvalue weighted by Crippen LogP contribution is 2.67. The molecule has 0 aliphatic carbocycles. The van der Waals surface area contributed by atoms with E-state index in [-0.39, 0.29) is 49.8 Å². The molecule has 1 N–H and O–H groups in total. The van der Waals surface area contributed by atoms with Crippen molar-refractivity contribution >= 4 is 41.5 Å². The van der Waals surface area contributed by atoms with E-state index in [4.69, 9.17) is 28.4 Å². The van der Waals surface area contributed by atoms with Gasteiger partial charge in [0.2, 0.25) is 11.8 Å².